The van der Waals surface area contributed by atoms with E-state index in [9.17, 15) is 4.79 Å². The first kappa shape index (κ1) is 8.79. The average molecular weight is 179 g/mol. The summed E-state index contributed by atoms with van der Waals surface area (Å²) in [6.07, 6.45) is 7.88. The second kappa shape index (κ2) is 3.52. The van der Waals surface area contributed by atoms with Crippen molar-refractivity contribution in [3.8, 4) is 0 Å². The molecule has 0 spiro atoms. The Morgan fingerprint density at radius 1 is 1.46 bits per heavy atom. The maximum atomic E-state index is 11.0. The van der Waals surface area contributed by atoms with E-state index >= 15 is 0 Å². The summed E-state index contributed by atoms with van der Waals surface area (Å²) in [4.78, 5) is 11.0. The number of rotatable bonds is 3. The number of fused-ring (bicyclic) bond motifs is 2. The van der Waals surface area contributed by atoms with Crippen molar-refractivity contribution >= 4 is 5.91 Å². The molecule has 13 heavy (non-hydrogen) atoms. The van der Waals surface area contributed by atoms with Crippen molar-refractivity contribution in [3.63, 3.8) is 0 Å². The molecule has 2 aliphatic rings. The minimum absolute atomic E-state index is 0.187. The van der Waals surface area contributed by atoms with Crippen molar-refractivity contribution in [2.24, 2.45) is 17.8 Å². The molecular weight excluding hydrogens is 162 g/mol. The molecule has 1 fully saturated rings. The van der Waals surface area contributed by atoms with E-state index in [2.05, 4.69) is 17.5 Å². The average Bonchev–Trinajstić information content (AvgIpc) is 2.74. The first-order valence-corrected chi connectivity index (χ1v) is 5.24. The topological polar surface area (TPSA) is 29.1 Å². The van der Waals surface area contributed by atoms with Gasteiger partial charge in [0.15, 0.2) is 0 Å². The molecule has 0 radical (unpaired) electrons. The van der Waals surface area contributed by atoms with Crippen LogP contribution in [0.5, 0.6) is 0 Å². The van der Waals surface area contributed by atoms with E-state index < -0.39 is 0 Å². The zero-order chi connectivity index (χ0) is 9.26. The maximum absolute atomic E-state index is 11.0. The van der Waals surface area contributed by atoms with Crippen LogP contribution in [-0.2, 0) is 4.79 Å². The van der Waals surface area contributed by atoms with Gasteiger partial charge in [0.1, 0.15) is 0 Å². The summed E-state index contributed by atoms with van der Waals surface area (Å²) in [5.74, 6) is 2.47. The highest BCUT2D eigenvalue weighted by molar-refractivity contribution is 5.75. The lowest BCUT2D eigenvalue weighted by Crippen LogP contribution is -2.30. The van der Waals surface area contributed by atoms with Gasteiger partial charge in [0, 0.05) is 13.0 Å². The van der Waals surface area contributed by atoms with Gasteiger partial charge in [-0.2, -0.15) is 0 Å². The Kier molecular flexibility index (Phi) is 2.38. The minimum atomic E-state index is 0.187. The Bertz CT molecular complexity index is 234. The highest BCUT2D eigenvalue weighted by atomic mass is 16.1. The molecular formula is C11H17NO. The predicted octanol–water partition coefficient (Wildman–Crippen LogP) is 1.72. The minimum Gasteiger partial charge on any atom is -0.356 e. The van der Waals surface area contributed by atoms with Crippen molar-refractivity contribution in [2.45, 2.75) is 26.2 Å². The van der Waals surface area contributed by atoms with Crippen LogP contribution in [-0.4, -0.2) is 12.5 Å². The third-order valence-electron chi connectivity index (χ3n) is 3.30. The summed E-state index contributed by atoms with van der Waals surface area (Å²) in [5, 5.41) is 2.99. The number of hydrogen-bond acceptors (Lipinski definition) is 1. The predicted molar refractivity (Wildman–Crippen MR) is 52.1 cm³/mol. The van der Waals surface area contributed by atoms with Gasteiger partial charge in [0.25, 0.3) is 0 Å². The van der Waals surface area contributed by atoms with Crippen LogP contribution in [0, 0.1) is 17.8 Å². The normalized spacial score (nSPS) is 35.3. The smallest absolute Gasteiger partial charge is 0.219 e. The van der Waals surface area contributed by atoms with E-state index in [1.54, 1.807) is 0 Å². The zero-order valence-electron chi connectivity index (χ0n) is 8.12. The molecule has 0 unspecified atom stereocenters. The van der Waals surface area contributed by atoms with Gasteiger partial charge in [-0.15, -0.1) is 0 Å². The van der Waals surface area contributed by atoms with Crippen LogP contribution < -0.4 is 5.32 Å². The van der Waals surface area contributed by atoms with Gasteiger partial charge in [0.2, 0.25) is 5.91 Å². The SMILES string of the molecule is CCC(=O)NC[C@H]1C[C@@H]2C=C[C@H]1C2. The zero-order valence-corrected chi connectivity index (χ0v) is 8.12. The van der Waals surface area contributed by atoms with Crippen molar-refractivity contribution < 1.29 is 4.79 Å². The van der Waals surface area contributed by atoms with Gasteiger partial charge in [-0.05, 0) is 30.6 Å². The Balaban J connectivity index is 1.78. The van der Waals surface area contributed by atoms with Crippen LogP contribution in [0.2, 0.25) is 0 Å². The summed E-state index contributed by atoms with van der Waals surface area (Å²) >= 11 is 0. The van der Waals surface area contributed by atoms with Crippen LogP contribution in [0.25, 0.3) is 0 Å². The lowest BCUT2D eigenvalue weighted by atomic mass is 9.93. The quantitative estimate of drug-likeness (QED) is 0.657. The Morgan fingerprint density at radius 2 is 2.31 bits per heavy atom. The monoisotopic (exact) mass is 179 g/mol. The number of hydrogen-bond donors (Lipinski definition) is 1. The van der Waals surface area contributed by atoms with Crippen LogP contribution >= 0.6 is 0 Å². The third-order valence-corrected chi connectivity index (χ3v) is 3.30. The molecule has 2 nitrogen and oxygen atoms in total. The number of carbonyl (C=O) groups is 1. The van der Waals surface area contributed by atoms with E-state index in [0.717, 1.165) is 18.4 Å². The number of nitrogens with one attached hydrogen (secondary N) is 1. The summed E-state index contributed by atoms with van der Waals surface area (Å²) in [6, 6.07) is 0. The molecule has 3 atom stereocenters. The number of allylic oxidation sites excluding steroid dienone is 2. The van der Waals surface area contributed by atoms with Gasteiger partial charge in [0.05, 0.1) is 0 Å². The fourth-order valence-electron chi connectivity index (χ4n) is 2.50. The largest absolute Gasteiger partial charge is 0.356 e. The third kappa shape index (κ3) is 1.77. The lowest BCUT2D eigenvalue weighted by Gasteiger charge is -2.18. The molecule has 0 aliphatic heterocycles. The molecule has 2 aliphatic carbocycles. The molecule has 0 saturated heterocycles. The molecule has 1 amide bonds. The van der Waals surface area contributed by atoms with E-state index in [1.807, 2.05) is 6.92 Å². The first-order valence-electron chi connectivity index (χ1n) is 5.24. The van der Waals surface area contributed by atoms with Gasteiger partial charge < -0.3 is 5.32 Å². The van der Waals surface area contributed by atoms with Gasteiger partial charge in [-0.3, -0.25) is 4.79 Å². The molecule has 1 saturated carbocycles. The summed E-state index contributed by atoms with van der Waals surface area (Å²) in [6.45, 7) is 2.79. The van der Waals surface area contributed by atoms with Crippen LogP contribution in [0.3, 0.4) is 0 Å². The van der Waals surface area contributed by atoms with Crippen LogP contribution in [0.15, 0.2) is 12.2 Å². The molecule has 0 aromatic carbocycles. The summed E-state index contributed by atoms with van der Waals surface area (Å²) in [7, 11) is 0. The second-order valence-corrected chi connectivity index (χ2v) is 4.20. The molecule has 1 N–H and O–H groups in total. The molecule has 72 valence electrons. The standard InChI is InChI=1S/C11H17NO/c1-2-11(13)12-7-10-6-8-3-4-9(10)5-8/h3-4,8-10H,2,5-7H2,1H3,(H,12,13)/t8-,9+,10-/m1/s1. The first-order chi connectivity index (χ1) is 6.29. The lowest BCUT2D eigenvalue weighted by molar-refractivity contribution is -0.121. The Morgan fingerprint density at radius 3 is 2.85 bits per heavy atom. The molecule has 0 aromatic rings. The van der Waals surface area contributed by atoms with Gasteiger partial charge in [-0.25, -0.2) is 0 Å². The summed E-state index contributed by atoms with van der Waals surface area (Å²) < 4.78 is 0. The van der Waals surface area contributed by atoms with Crippen molar-refractivity contribution in [1.29, 1.82) is 0 Å². The van der Waals surface area contributed by atoms with E-state index in [1.165, 1.54) is 12.8 Å². The molecule has 2 bridgehead atoms. The van der Waals surface area contributed by atoms with Gasteiger partial charge in [-0.1, -0.05) is 19.1 Å². The van der Waals surface area contributed by atoms with Crippen LogP contribution in [0.1, 0.15) is 26.2 Å². The van der Waals surface area contributed by atoms with Crippen LogP contribution in [0.4, 0.5) is 0 Å². The number of amides is 1. The fourth-order valence-corrected chi connectivity index (χ4v) is 2.50. The van der Waals surface area contributed by atoms with Gasteiger partial charge >= 0.3 is 0 Å². The molecule has 0 heterocycles. The van der Waals surface area contributed by atoms with E-state index in [4.69, 9.17) is 0 Å². The fraction of sp³-hybridized carbons (Fsp3) is 0.727. The summed E-state index contributed by atoms with van der Waals surface area (Å²) in [5.41, 5.74) is 0. The molecule has 2 rings (SSSR count). The number of carbonyl (C=O) groups excluding carboxylic acids is 1. The maximum Gasteiger partial charge on any atom is 0.219 e. The van der Waals surface area contributed by atoms with Crippen molar-refractivity contribution in [2.75, 3.05) is 6.54 Å². The van der Waals surface area contributed by atoms with Crippen molar-refractivity contribution in [1.82, 2.24) is 5.32 Å². The van der Waals surface area contributed by atoms with E-state index in [-0.39, 0.29) is 5.91 Å². The Labute approximate surface area is 79.4 Å². The van der Waals surface area contributed by atoms with E-state index in [0.29, 0.717) is 12.3 Å². The highest BCUT2D eigenvalue weighted by Gasteiger charge is 2.35. The molecule has 2 heteroatoms. The Hall–Kier alpha value is -0.790. The van der Waals surface area contributed by atoms with Crippen molar-refractivity contribution in [3.05, 3.63) is 12.2 Å². The molecule has 0 aromatic heterocycles. The second-order valence-electron chi connectivity index (χ2n) is 4.20. The highest BCUT2D eigenvalue weighted by Crippen LogP contribution is 2.42.